The molecule has 154 valence electrons. The molecule has 1 heterocycles. The fourth-order valence-corrected chi connectivity index (χ4v) is 3.22. The molecule has 1 saturated heterocycles. The van der Waals surface area contributed by atoms with Crippen LogP contribution in [0.3, 0.4) is 0 Å². The molecule has 2 aromatic rings. The SMILES string of the molecule is CCOC(=O)c1ccc(N2CCN(C(=O)NCc3ccc(OC)cc3)CC2)cc1. The molecular weight excluding hydrogens is 370 g/mol. The molecule has 0 bridgehead atoms. The van der Waals surface area contributed by atoms with Crippen molar-refractivity contribution < 1.29 is 19.1 Å². The predicted octanol–water partition coefficient (Wildman–Crippen LogP) is 2.90. The summed E-state index contributed by atoms with van der Waals surface area (Å²) >= 11 is 0. The molecule has 0 aliphatic carbocycles. The first kappa shape index (κ1) is 20.5. The third kappa shape index (κ3) is 5.40. The van der Waals surface area contributed by atoms with Crippen LogP contribution < -0.4 is 15.0 Å². The number of rotatable bonds is 6. The smallest absolute Gasteiger partial charge is 0.338 e. The van der Waals surface area contributed by atoms with Crippen molar-refractivity contribution in [3.05, 3.63) is 59.7 Å². The molecule has 0 spiro atoms. The van der Waals surface area contributed by atoms with Crippen molar-refractivity contribution in [1.82, 2.24) is 10.2 Å². The van der Waals surface area contributed by atoms with Crippen LogP contribution in [0.4, 0.5) is 10.5 Å². The maximum Gasteiger partial charge on any atom is 0.338 e. The maximum absolute atomic E-state index is 12.4. The summed E-state index contributed by atoms with van der Waals surface area (Å²) in [6, 6.07) is 15.0. The van der Waals surface area contributed by atoms with E-state index in [1.165, 1.54) is 0 Å². The summed E-state index contributed by atoms with van der Waals surface area (Å²) in [6.07, 6.45) is 0. The summed E-state index contributed by atoms with van der Waals surface area (Å²) in [4.78, 5) is 28.2. The van der Waals surface area contributed by atoms with E-state index >= 15 is 0 Å². The van der Waals surface area contributed by atoms with E-state index in [0.717, 1.165) is 30.1 Å². The lowest BCUT2D eigenvalue weighted by molar-refractivity contribution is 0.0526. The Morgan fingerprint density at radius 3 is 2.21 bits per heavy atom. The van der Waals surface area contributed by atoms with E-state index in [9.17, 15) is 9.59 Å². The second-order valence-electron chi connectivity index (χ2n) is 6.75. The van der Waals surface area contributed by atoms with Gasteiger partial charge in [0.15, 0.2) is 0 Å². The lowest BCUT2D eigenvalue weighted by Crippen LogP contribution is -2.51. The normalized spacial score (nSPS) is 13.7. The van der Waals surface area contributed by atoms with Gasteiger partial charge < -0.3 is 24.6 Å². The van der Waals surface area contributed by atoms with Crippen molar-refractivity contribution in [3.63, 3.8) is 0 Å². The molecule has 0 aromatic heterocycles. The molecular formula is C22H27N3O4. The topological polar surface area (TPSA) is 71.1 Å². The van der Waals surface area contributed by atoms with Crippen LogP contribution in [0.5, 0.6) is 5.75 Å². The van der Waals surface area contributed by atoms with E-state index < -0.39 is 0 Å². The molecule has 0 unspecified atom stereocenters. The Morgan fingerprint density at radius 2 is 1.62 bits per heavy atom. The summed E-state index contributed by atoms with van der Waals surface area (Å²) in [5.74, 6) is 0.490. The van der Waals surface area contributed by atoms with Crippen molar-refractivity contribution in [2.75, 3.05) is 44.8 Å². The third-order valence-corrected chi connectivity index (χ3v) is 4.91. The highest BCUT2D eigenvalue weighted by atomic mass is 16.5. The van der Waals surface area contributed by atoms with E-state index in [2.05, 4.69) is 10.2 Å². The summed E-state index contributed by atoms with van der Waals surface area (Å²) in [5.41, 5.74) is 2.61. The lowest BCUT2D eigenvalue weighted by atomic mass is 10.2. The number of anilines is 1. The summed E-state index contributed by atoms with van der Waals surface area (Å²) in [5, 5.41) is 2.97. The van der Waals surface area contributed by atoms with Crippen molar-refractivity contribution in [3.8, 4) is 5.75 Å². The zero-order chi connectivity index (χ0) is 20.6. The number of piperazine rings is 1. The Bertz CT molecular complexity index is 813. The Labute approximate surface area is 171 Å². The van der Waals surface area contributed by atoms with Crippen LogP contribution in [0.15, 0.2) is 48.5 Å². The minimum absolute atomic E-state index is 0.0573. The molecule has 7 nitrogen and oxygen atoms in total. The van der Waals surface area contributed by atoms with Gasteiger partial charge in [0.2, 0.25) is 0 Å². The number of benzene rings is 2. The molecule has 1 aliphatic heterocycles. The standard InChI is InChI=1S/C22H27N3O4/c1-3-29-21(26)18-6-8-19(9-7-18)24-12-14-25(15-13-24)22(27)23-16-17-4-10-20(28-2)11-5-17/h4-11H,3,12-16H2,1-2H3,(H,23,27). The highest BCUT2D eigenvalue weighted by Crippen LogP contribution is 2.18. The van der Waals surface area contributed by atoms with E-state index in [0.29, 0.717) is 31.8 Å². The summed E-state index contributed by atoms with van der Waals surface area (Å²) in [6.45, 7) is 5.42. The Morgan fingerprint density at radius 1 is 0.966 bits per heavy atom. The van der Waals surface area contributed by atoms with Crippen molar-refractivity contribution >= 4 is 17.7 Å². The van der Waals surface area contributed by atoms with Gasteiger partial charge in [0.05, 0.1) is 19.3 Å². The number of carbonyl (C=O) groups excluding carboxylic acids is 2. The van der Waals surface area contributed by atoms with Gasteiger partial charge in [-0.15, -0.1) is 0 Å². The number of hydrogen-bond donors (Lipinski definition) is 1. The van der Waals surface area contributed by atoms with Gasteiger partial charge in [0.1, 0.15) is 5.75 Å². The Hall–Kier alpha value is -3.22. The number of nitrogens with zero attached hydrogens (tertiary/aromatic N) is 2. The molecule has 0 radical (unpaired) electrons. The van der Waals surface area contributed by atoms with Crippen LogP contribution in [0.2, 0.25) is 0 Å². The van der Waals surface area contributed by atoms with Gasteiger partial charge in [-0.3, -0.25) is 0 Å². The van der Waals surface area contributed by atoms with Gasteiger partial charge in [-0.1, -0.05) is 12.1 Å². The number of hydrogen-bond acceptors (Lipinski definition) is 5. The van der Waals surface area contributed by atoms with Crippen molar-refractivity contribution in [2.24, 2.45) is 0 Å². The van der Waals surface area contributed by atoms with Crippen molar-refractivity contribution in [2.45, 2.75) is 13.5 Å². The Balaban J connectivity index is 1.46. The average Bonchev–Trinajstić information content (AvgIpc) is 2.78. The van der Waals surface area contributed by atoms with Gasteiger partial charge in [0, 0.05) is 38.4 Å². The maximum atomic E-state index is 12.4. The average molecular weight is 397 g/mol. The van der Waals surface area contributed by atoms with Gasteiger partial charge in [-0.25, -0.2) is 9.59 Å². The molecule has 2 aromatic carbocycles. The van der Waals surface area contributed by atoms with Crippen molar-refractivity contribution in [1.29, 1.82) is 0 Å². The monoisotopic (exact) mass is 397 g/mol. The molecule has 3 rings (SSSR count). The summed E-state index contributed by atoms with van der Waals surface area (Å²) in [7, 11) is 1.63. The fourth-order valence-electron chi connectivity index (χ4n) is 3.22. The first-order valence-corrected chi connectivity index (χ1v) is 9.78. The minimum atomic E-state index is -0.308. The quantitative estimate of drug-likeness (QED) is 0.759. The zero-order valence-electron chi connectivity index (χ0n) is 16.9. The number of amides is 2. The molecule has 29 heavy (non-hydrogen) atoms. The van der Waals surface area contributed by atoms with Crippen LogP contribution in [0, 0.1) is 0 Å². The third-order valence-electron chi connectivity index (χ3n) is 4.91. The lowest BCUT2D eigenvalue weighted by Gasteiger charge is -2.36. The van der Waals surface area contributed by atoms with Crippen LogP contribution in [-0.4, -0.2) is 56.8 Å². The molecule has 0 atom stereocenters. The zero-order valence-corrected chi connectivity index (χ0v) is 16.9. The van der Waals surface area contributed by atoms with Crippen LogP contribution >= 0.6 is 0 Å². The number of methoxy groups -OCH3 is 1. The number of urea groups is 1. The van der Waals surface area contributed by atoms with E-state index in [4.69, 9.17) is 9.47 Å². The molecule has 7 heteroatoms. The van der Waals surface area contributed by atoms with Crippen LogP contribution in [-0.2, 0) is 11.3 Å². The minimum Gasteiger partial charge on any atom is -0.497 e. The molecule has 1 fully saturated rings. The second-order valence-corrected chi connectivity index (χ2v) is 6.75. The van der Waals surface area contributed by atoms with Gasteiger partial charge in [-0.05, 0) is 48.9 Å². The van der Waals surface area contributed by atoms with E-state index in [1.807, 2.05) is 41.3 Å². The van der Waals surface area contributed by atoms with E-state index in [1.54, 1.807) is 26.2 Å². The van der Waals surface area contributed by atoms with Crippen LogP contribution in [0.25, 0.3) is 0 Å². The predicted molar refractivity (Wildman–Crippen MR) is 111 cm³/mol. The first-order chi connectivity index (χ1) is 14.1. The van der Waals surface area contributed by atoms with Gasteiger partial charge in [-0.2, -0.15) is 0 Å². The second kappa shape index (κ2) is 9.82. The number of esters is 1. The highest BCUT2D eigenvalue weighted by molar-refractivity contribution is 5.89. The van der Waals surface area contributed by atoms with E-state index in [-0.39, 0.29) is 12.0 Å². The first-order valence-electron chi connectivity index (χ1n) is 9.78. The van der Waals surface area contributed by atoms with Gasteiger partial charge >= 0.3 is 12.0 Å². The molecule has 2 amide bonds. The largest absolute Gasteiger partial charge is 0.497 e. The molecule has 1 aliphatic rings. The molecule has 1 N–H and O–H groups in total. The van der Waals surface area contributed by atoms with Gasteiger partial charge in [0.25, 0.3) is 0 Å². The van der Waals surface area contributed by atoms with Crippen LogP contribution in [0.1, 0.15) is 22.8 Å². The molecule has 0 saturated carbocycles. The Kier molecular flexibility index (Phi) is 6.94. The summed E-state index contributed by atoms with van der Waals surface area (Å²) < 4.78 is 10.2. The number of ether oxygens (including phenoxy) is 2. The number of carbonyl (C=O) groups is 2. The number of nitrogens with one attached hydrogen (secondary N) is 1. The highest BCUT2D eigenvalue weighted by Gasteiger charge is 2.21. The fraction of sp³-hybridized carbons (Fsp3) is 0.364.